The van der Waals surface area contributed by atoms with Gasteiger partial charge in [-0.3, -0.25) is 0 Å². The lowest BCUT2D eigenvalue weighted by Crippen LogP contribution is -2.08. The highest BCUT2D eigenvalue weighted by Crippen LogP contribution is 2.31. The zero-order valence-electron chi connectivity index (χ0n) is 8.11. The van der Waals surface area contributed by atoms with Gasteiger partial charge in [0.1, 0.15) is 5.82 Å². The molecule has 0 aromatic heterocycles. The molecule has 1 aromatic carbocycles. The van der Waals surface area contributed by atoms with Gasteiger partial charge < -0.3 is 5.32 Å². The summed E-state index contributed by atoms with van der Waals surface area (Å²) < 4.78 is 49.9. The molecule has 1 N–H and O–H groups in total. The highest BCUT2D eigenvalue weighted by Gasteiger charge is 2.31. The molecule has 0 saturated heterocycles. The van der Waals surface area contributed by atoms with E-state index >= 15 is 0 Å². The van der Waals surface area contributed by atoms with Gasteiger partial charge in [0.25, 0.3) is 0 Å². The van der Waals surface area contributed by atoms with Crippen LogP contribution < -0.4 is 5.32 Å². The monoisotopic (exact) mass is 232 g/mol. The fourth-order valence-electron chi connectivity index (χ4n) is 1.09. The maximum absolute atomic E-state index is 13.1. The van der Waals surface area contributed by atoms with Crippen LogP contribution in [0.1, 0.15) is 12.0 Å². The Balaban J connectivity index is 2.88. The summed E-state index contributed by atoms with van der Waals surface area (Å²) in [5, 5.41) is 10.7. The smallest absolute Gasteiger partial charge is 0.382 e. The minimum absolute atomic E-state index is 0.0929. The first kappa shape index (κ1) is 12.3. The van der Waals surface area contributed by atoms with E-state index in [9.17, 15) is 17.6 Å². The average molecular weight is 232 g/mol. The number of nitriles is 1. The van der Waals surface area contributed by atoms with Crippen LogP contribution >= 0.6 is 0 Å². The second-order valence-electron chi connectivity index (χ2n) is 3.03. The quantitative estimate of drug-likeness (QED) is 0.641. The van der Waals surface area contributed by atoms with Crippen LogP contribution in [0.15, 0.2) is 18.2 Å². The summed E-state index contributed by atoms with van der Waals surface area (Å²) in [6.07, 6.45) is -4.41. The Morgan fingerprint density at radius 1 is 1.31 bits per heavy atom. The molecule has 0 aliphatic carbocycles. The van der Waals surface area contributed by atoms with E-state index in [1.54, 1.807) is 6.07 Å². The number of hydrogen-bond donors (Lipinski definition) is 1. The third-order valence-corrected chi connectivity index (χ3v) is 1.85. The van der Waals surface area contributed by atoms with Crippen molar-refractivity contribution in [1.82, 2.24) is 0 Å². The van der Waals surface area contributed by atoms with E-state index in [2.05, 4.69) is 5.32 Å². The first-order chi connectivity index (χ1) is 7.45. The van der Waals surface area contributed by atoms with E-state index in [1.807, 2.05) is 0 Å². The van der Waals surface area contributed by atoms with Crippen LogP contribution in [0.3, 0.4) is 0 Å². The predicted molar refractivity (Wildman–Crippen MR) is 50.1 cm³/mol. The molecule has 0 amide bonds. The first-order valence-corrected chi connectivity index (χ1v) is 4.42. The molecule has 2 nitrogen and oxygen atoms in total. The van der Waals surface area contributed by atoms with Gasteiger partial charge in [-0.1, -0.05) is 0 Å². The molecule has 6 heteroatoms. The van der Waals surface area contributed by atoms with Gasteiger partial charge in [-0.25, -0.2) is 4.39 Å². The summed E-state index contributed by atoms with van der Waals surface area (Å²) in [5.41, 5.74) is -1.17. The Bertz CT molecular complexity index is 406. The van der Waals surface area contributed by atoms with Crippen molar-refractivity contribution < 1.29 is 17.6 Å². The number of nitrogens with one attached hydrogen (secondary N) is 1. The van der Waals surface area contributed by atoms with Crippen molar-refractivity contribution in [2.24, 2.45) is 0 Å². The van der Waals surface area contributed by atoms with Crippen molar-refractivity contribution in [2.45, 2.75) is 12.6 Å². The van der Waals surface area contributed by atoms with E-state index in [-0.39, 0.29) is 18.7 Å². The number of alkyl halides is 3. The zero-order valence-corrected chi connectivity index (χ0v) is 8.11. The molecule has 1 aromatic rings. The van der Waals surface area contributed by atoms with Gasteiger partial charge >= 0.3 is 6.18 Å². The molecule has 0 radical (unpaired) electrons. The van der Waals surface area contributed by atoms with Crippen molar-refractivity contribution >= 4 is 5.69 Å². The predicted octanol–water partition coefficient (Wildman–Crippen LogP) is 3.17. The third-order valence-electron chi connectivity index (χ3n) is 1.85. The van der Waals surface area contributed by atoms with Crippen molar-refractivity contribution in [3.05, 3.63) is 29.6 Å². The SMILES string of the molecule is N#CCCNc1cc(C(F)(F)F)ccc1F. The fraction of sp³-hybridized carbons (Fsp3) is 0.300. The van der Waals surface area contributed by atoms with Crippen LogP contribution in [0, 0.1) is 17.1 Å². The van der Waals surface area contributed by atoms with Crippen molar-refractivity contribution in [2.75, 3.05) is 11.9 Å². The molecule has 0 unspecified atom stereocenters. The van der Waals surface area contributed by atoms with Gasteiger partial charge in [-0.05, 0) is 18.2 Å². The molecule has 86 valence electrons. The van der Waals surface area contributed by atoms with E-state index in [1.165, 1.54) is 0 Å². The van der Waals surface area contributed by atoms with Gasteiger partial charge in [0, 0.05) is 6.54 Å². The van der Waals surface area contributed by atoms with E-state index in [4.69, 9.17) is 5.26 Å². The Hall–Kier alpha value is -1.77. The molecule has 0 bridgehead atoms. The lowest BCUT2D eigenvalue weighted by atomic mass is 10.2. The molecule has 0 fully saturated rings. The second kappa shape index (κ2) is 4.84. The van der Waals surface area contributed by atoms with Crippen LogP contribution in [0.25, 0.3) is 0 Å². The van der Waals surface area contributed by atoms with Crippen LogP contribution in [-0.4, -0.2) is 6.54 Å². The van der Waals surface area contributed by atoms with Crippen LogP contribution in [0.4, 0.5) is 23.2 Å². The number of hydrogen-bond acceptors (Lipinski definition) is 2. The Labute approximate surface area is 89.5 Å². The van der Waals surface area contributed by atoms with E-state index in [0.717, 1.165) is 6.07 Å². The molecule has 0 atom stereocenters. The lowest BCUT2D eigenvalue weighted by molar-refractivity contribution is -0.137. The normalized spacial score (nSPS) is 10.9. The number of rotatable bonds is 3. The maximum Gasteiger partial charge on any atom is 0.416 e. The number of benzene rings is 1. The van der Waals surface area contributed by atoms with Crippen LogP contribution in [0.5, 0.6) is 0 Å². The first-order valence-electron chi connectivity index (χ1n) is 4.42. The molecule has 0 aliphatic rings. The summed E-state index contributed by atoms with van der Waals surface area (Å²) in [6.45, 7) is 0.106. The Morgan fingerprint density at radius 3 is 2.56 bits per heavy atom. The molecule has 0 spiro atoms. The van der Waals surface area contributed by atoms with Gasteiger partial charge in [0.05, 0.1) is 23.7 Å². The van der Waals surface area contributed by atoms with Gasteiger partial charge in [-0.15, -0.1) is 0 Å². The summed E-state index contributed by atoms with van der Waals surface area (Å²) >= 11 is 0. The molecule has 16 heavy (non-hydrogen) atoms. The summed E-state index contributed by atoms with van der Waals surface area (Å²) in [7, 11) is 0. The van der Waals surface area contributed by atoms with E-state index < -0.39 is 17.6 Å². The third kappa shape index (κ3) is 3.12. The van der Waals surface area contributed by atoms with Gasteiger partial charge in [-0.2, -0.15) is 18.4 Å². The van der Waals surface area contributed by atoms with E-state index in [0.29, 0.717) is 12.1 Å². The lowest BCUT2D eigenvalue weighted by Gasteiger charge is -2.10. The molecule has 0 aliphatic heterocycles. The minimum atomic E-state index is -4.50. The molecular weight excluding hydrogens is 224 g/mol. The Kier molecular flexibility index (Phi) is 3.72. The van der Waals surface area contributed by atoms with Crippen LogP contribution in [0.2, 0.25) is 0 Å². The minimum Gasteiger partial charge on any atom is -0.382 e. The molecule has 1 rings (SSSR count). The molecular formula is C10H8F4N2. The number of anilines is 1. The standard InChI is InChI=1S/C10H8F4N2/c11-8-3-2-7(10(12,13)14)6-9(8)16-5-1-4-15/h2-3,6,16H,1,5H2. The second-order valence-corrected chi connectivity index (χ2v) is 3.03. The summed E-state index contributed by atoms with van der Waals surface area (Å²) in [6, 6.07) is 3.90. The highest BCUT2D eigenvalue weighted by atomic mass is 19.4. The largest absolute Gasteiger partial charge is 0.416 e. The number of nitrogens with zero attached hydrogens (tertiary/aromatic N) is 1. The van der Waals surface area contributed by atoms with Gasteiger partial charge in [0.2, 0.25) is 0 Å². The van der Waals surface area contributed by atoms with Gasteiger partial charge in [0.15, 0.2) is 0 Å². The van der Waals surface area contributed by atoms with Crippen LogP contribution in [-0.2, 0) is 6.18 Å². The summed E-state index contributed by atoms with van der Waals surface area (Å²) in [5.74, 6) is -0.772. The summed E-state index contributed by atoms with van der Waals surface area (Å²) in [4.78, 5) is 0. The van der Waals surface area contributed by atoms with Crippen molar-refractivity contribution in [1.29, 1.82) is 5.26 Å². The highest BCUT2D eigenvalue weighted by molar-refractivity contribution is 5.48. The molecule has 0 saturated carbocycles. The molecule has 0 heterocycles. The van der Waals surface area contributed by atoms with Crippen molar-refractivity contribution in [3.8, 4) is 6.07 Å². The Morgan fingerprint density at radius 2 is 2.00 bits per heavy atom. The zero-order chi connectivity index (χ0) is 12.2. The topological polar surface area (TPSA) is 35.8 Å². The average Bonchev–Trinajstić information content (AvgIpc) is 2.19. The number of halogens is 4. The maximum atomic E-state index is 13.1. The van der Waals surface area contributed by atoms with Crippen molar-refractivity contribution in [3.63, 3.8) is 0 Å². The fourth-order valence-corrected chi connectivity index (χ4v) is 1.09.